The molecule has 0 aromatic heterocycles. The van der Waals surface area contributed by atoms with E-state index in [0.29, 0.717) is 18.6 Å². The summed E-state index contributed by atoms with van der Waals surface area (Å²) in [5.41, 5.74) is -0.120. The molecule has 0 radical (unpaired) electrons. The zero-order valence-electron chi connectivity index (χ0n) is 21.6. The Hall–Kier alpha value is -0.511. The van der Waals surface area contributed by atoms with Crippen LogP contribution in [0.4, 0.5) is 0 Å². The normalized spacial score (nSPS) is 16.7. The van der Waals surface area contributed by atoms with Gasteiger partial charge in [-0.2, -0.15) is 5.26 Å². The minimum absolute atomic E-state index is 0. The summed E-state index contributed by atoms with van der Waals surface area (Å²) in [6, 6.07) is 2.85. The summed E-state index contributed by atoms with van der Waals surface area (Å²) in [5, 5.41) is 7.32. The second-order valence-electron chi connectivity index (χ2n) is 9.26. The third-order valence-electron chi connectivity index (χ3n) is 5.28. The topological polar surface area (TPSA) is 146 Å². The van der Waals surface area contributed by atoms with Gasteiger partial charge in [0.15, 0.2) is 0 Å². The molecule has 1 aliphatic heterocycles. The van der Waals surface area contributed by atoms with E-state index >= 15 is 0 Å². The smallest absolute Gasteiger partial charge is 0.340 e. The Balaban J connectivity index is -0.000000863. The van der Waals surface area contributed by atoms with Crippen molar-refractivity contribution in [3.63, 3.8) is 0 Å². The number of rotatable bonds is 4. The monoisotopic (exact) mass is 543 g/mol. The van der Waals surface area contributed by atoms with Gasteiger partial charge in [-0.15, -0.1) is 10.2 Å². The summed E-state index contributed by atoms with van der Waals surface area (Å²) in [5.74, 6) is 0.217. The van der Waals surface area contributed by atoms with E-state index < -0.39 is 10.2 Å². The Morgan fingerprint density at radius 3 is 1.45 bits per heavy atom. The number of carbonyl (C=O) groups is 1. The molecule has 33 heavy (non-hydrogen) atoms. The molecule has 0 N–H and O–H groups in total. The van der Waals surface area contributed by atoms with Gasteiger partial charge >= 0.3 is 17.1 Å². The van der Waals surface area contributed by atoms with Gasteiger partial charge in [0.1, 0.15) is 0 Å². The minimum Gasteiger partial charge on any atom is -0.340 e. The van der Waals surface area contributed by atoms with Gasteiger partial charge in [-0.1, -0.05) is 0 Å². The molecule has 0 saturated carbocycles. The van der Waals surface area contributed by atoms with Crippen molar-refractivity contribution < 1.29 is 50.7 Å². The Bertz CT molecular complexity index is 539. The average molecular weight is 545 g/mol. The van der Waals surface area contributed by atoms with Crippen molar-refractivity contribution in [2.24, 2.45) is 0 Å². The molecular formula is C21H43ClCuN5O5. The molecule has 0 aliphatic carbocycles. The van der Waals surface area contributed by atoms with Crippen molar-refractivity contribution in [1.29, 1.82) is 5.26 Å². The molecule has 1 aliphatic rings. The van der Waals surface area contributed by atoms with E-state index in [0.717, 1.165) is 39.3 Å². The number of nitrogens with zero attached hydrogens (tertiary/aromatic N) is 5. The largest absolute Gasteiger partial charge is 1.00 e. The van der Waals surface area contributed by atoms with Crippen molar-refractivity contribution in [3.8, 4) is 6.07 Å². The zero-order chi connectivity index (χ0) is 25.7. The summed E-state index contributed by atoms with van der Waals surface area (Å²) >= 11 is 0. The van der Waals surface area contributed by atoms with Gasteiger partial charge in [-0.3, -0.25) is 19.5 Å². The number of hydrogen-bond donors (Lipinski definition) is 0. The van der Waals surface area contributed by atoms with Crippen LogP contribution in [0.1, 0.15) is 55.4 Å². The third kappa shape index (κ3) is 20.6. The summed E-state index contributed by atoms with van der Waals surface area (Å²) in [7, 11) is -3.03. The molecule has 0 aromatic carbocycles. The number of hydrogen-bond acceptors (Lipinski definition) is 9. The van der Waals surface area contributed by atoms with E-state index in [2.05, 4.69) is 63.2 Å². The van der Waals surface area contributed by atoms with E-state index in [1.807, 2.05) is 11.9 Å². The minimum atomic E-state index is -4.94. The Morgan fingerprint density at radius 1 is 0.939 bits per heavy atom. The van der Waals surface area contributed by atoms with Crippen LogP contribution in [-0.4, -0.2) is 96.0 Å². The standard InChI is InChI=1S/C19H40N4O.C2H3N.ClHO4.Cu/c1-16(2)22-11-9-21(10-12-23(14-13-22)17(3)4)15-18(24)20(8)19(5,6)7;1-2-3;2-1(3,4)5;/h16-17H,9-15H2,1-8H3;1H3;(H,2,3,4,5);/q;;;+1/p-1. The van der Waals surface area contributed by atoms with Crippen LogP contribution in [0.15, 0.2) is 0 Å². The van der Waals surface area contributed by atoms with Crippen LogP contribution >= 0.6 is 0 Å². The third-order valence-corrected chi connectivity index (χ3v) is 5.28. The van der Waals surface area contributed by atoms with Gasteiger partial charge in [0.2, 0.25) is 5.91 Å². The Morgan fingerprint density at radius 2 is 1.21 bits per heavy atom. The molecule has 1 amide bonds. The molecule has 0 bridgehead atoms. The van der Waals surface area contributed by atoms with Crippen LogP contribution in [0.5, 0.6) is 0 Å². The van der Waals surface area contributed by atoms with Crippen molar-refractivity contribution in [2.45, 2.75) is 73.0 Å². The van der Waals surface area contributed by atoms with Gasteiger partial charge in [0.05, 0.1) is 12.6 Å². The second-order valence-corrected chi connectivity index (χ2v) is 10.0. The molecule has 0 atom stereocenters. The fraction of sp³-hybridized carbons (Fsp3) is 0.905. The first kappa shape index (κ1) is 37.0. The number of halogens is 1. The average Bonchev–Trinajstić information content (AvgIpc) is 2.70. The maximum Gasteiger partial charge on any atom is 1.00 e. The van der Waals surface area contributed by atoms with Crippen molar-refractivity contribution in [1.82, 2.24) is 19.6 Å². The van der Waals surface area contributed by atoms with Gasteiger partial charge in [-0.25, -0.2) is 18.6 Å². The number of amides is 1. The van der Waals surface area contributed by atoms with Crippen molar-refractivity contribution in [2.75, 3.05) is 52.9 Å². The van der Waals surface area contributed by atoms with Crippen LogP contribution in [0.2, 0.25) is 0 Å². The molecule has 12 heteroatoms. The second kappa shape index (κ2) is 17.9. The maximum absolute atomic E-state index is 12.6. The quantitative estimate of drug-likeness (QED) is 0.358. The molecule has 10 nitrogen and oxygen atoms in total. The SMILES string of the molecule is CC#N.CC(C)N1CCN(CC(=O)N(C)C(C)(C)C)CCN(C(C)C)CC1.[Cu+].[O-][Cl+3]([O-])([O-])[O-]. The van der Waals surface area contributed by atoms with Crippen LogP contribution in [0, 0.1) is 21.6 Å². The van der Waals surface area contributed by atoms with Gasteiger partial charge < -0.3 is 4.90 Å². The molecule has 200 valence electrons. The molecule has 1 fully saturated rings. The van der Waals surface area contributed by atoms with Crippen LogP contribution in [0.3, 0.4) is 0 Å². The van der Waals surface area contributed by atoms with Crippen molar-refractivity contribution >= 4 is 5.91 Å². The predicted octanol–water partition coefficient (Wildman–Crippen LogP) is -2.25. The van der Waals surface area contributed by atoms with E-state index in [1.165, 1.54) is 6.92 Å². The Kier molecular flexibility index (Phi) is 20.0. The fourth-order valence-electron chi connectivity index (χ4n) is 2.99. The summed E-state index contributed by atoms with van der Waals surface area (Å²) in [6.45, 7) is 23.5. The summed E-state index contributed by atoms with van der Waals surface area (Å²) in [6.07, 6.45) is 0. The predicted molar refractivity (Wildman–Crippen MR) is 114 cm³/mol. The first-order valence-electron chi connectivity index (χ1n) is 10.8. The Labute approximate surface area is 213 Å². The molecule has 1 heterocycles. The van der Waals surface area contributed by atoms with E-state index in [4.69, 9.17) is 23.9 Å². The van der Waals surface area contributed by atoms with Crippen molar-refractivity contribution in [3.05, 3.63) is 0 Å². The van der Waals surface area contributed by atoms with Gasteiger partial charge in [0, 0.05) is 70.9 Å². The van der Waals surface area contributed by atoms with Crippen LogP contribution in [0.25, 0.3) is 0 Å². The van der Waals surface area contributed by atoms with E-state index in [1.54, 1.807) is 6.07 Å². The summed E-state index contributed by atoms with van der Waals surface area (Å²) < 4.78 is 34.0. The molecule has 0 aromatic rings. The molecule has 0 spiro atoms. The molecular weight excluding hydrogens is 501 g/mol. The van der Waals surface area contributed by atoms with E-state index in [-0.39, 0.29) is 28.5 Å². The number of likely N-dealkylation sites (N-methyl/N-ethyl adjacent to an activating group) is 1. The number of nitriles is 1. The number of carbonyl (C=O) groups excluding carboxylic acids is 1. The molecule has 1 saturated heterocycles. The molecule has 1 rings (SSSR count). The zero-order valence-corrected chi connectivity index (χ0v) is 23.3. The molecule has 0 unspecified atom stereocenters. The van der Waals surface area contributed by atoms with Crippen LogP contribution in [-0.2, 0) is 21.9 Å². The first-order valence-corrected chi connectivity index (χ1v) is 12.1. The maximum atomic E-state index is 12.6. The first-order chi connectivity index (χ1) is 14.4. The van der Waals surface area contributed by atoms with Gasteiger partial charge in [-0.05, 0) is 48.5 Å². The van der Waals surface area contributed by atoms with Gasteiger partial charge in [0.25, 0.3) is 0 Å². The fourth-order valence-corrected chi connectivity index (χ4v) is 2.99. The summed E-state index contributed by atoms with van der Waals surface area (Å²) in [4.78, 5) is 21.9. The van der Waals surface area contributed by atoms with E-state index in [9.17, 15) is 4.79 Å². The van der Waals surface area contributed by atoms with Crippen LogP contribution < -0.4 is 18.6 Å².